The molecule has 3 aromatic rings. The van der Waals surface area contributed by atoms with E-state index in [9.17, 15) is 0 Å². The standard InChI is InChI=1S/C20H18ClN/c1-14-9-10-16(15(2)12-14)17-6-3-4-7-18(17)19-8-5-11-22-20(19)13-21/h3-12H,13H2,1-2H3. The minimum Gasteiger partial charge on any atom is -0.259 e. The number of benzene rings is 2. The van der Waals surface area contributed by atoms with Crippen LogP contribution in [0.1, 0.15) is 16.8 Å². The second-order valence-corrected chi connectivity index (χ2v) is 5.76. The molecule has 2 heteroatoms. The average molecular weight is 308 g/mol. The third kappa shape index (κ3) is 2.77. The number of alkyl halides is 1. The van der Waals surface area contributed by atoms with Crippen molar-refractivity contribution in [2.75, 3.05) is 0 Å². The molecule has 0 saturated heterocycles. The van der Waals surface area contributed by atoms with E-state index in [0.717, 1.165) is 11.3 Å². The van der Waals surface area contributed by atoms with Crippen molar-refractivity contribution < 1.29 is 0 Å². The molecule has 1 aromatic heterocycles. The summed E-state index contributed by atoms with van der Waals surface area (Å²) in [7, 11) is 0. The number of aromatic nitrogens is 1. The van der Waals surface area contributed by atoms with Crippen LogP contribution in [-0.4, -0.2) is 4.98 Å². The van der Waals surface area contributed by atoms with Gasteiger partial charge in [-0.2, -0.15) is 0 Å². The summed E-state index contributed by atoms with van der Waals surface area (Å²) < 4.78 is 0. The molecule has 1 nitrogen and oxygen atoms in total. The maximum atomic E-state index is 6.07. The number of hydrogen-bond donors (Lipinski definition) is 0. The van der Waals surface area contributed by atoms with Gasteiger partial charge in [0.15, 0.2) is 0 Å². The Morgan fingerprint density at radius 1 is 0.818 bits per heavy atom. The van der Waals surface area contributed by atoms with E-state index in [1.807, 2.05) is 6.07 Å². The van der Waals surface area contributed by atoms with Gasteiger partial charge < -0.3 is 0 Å². The maximum absolute atomic E-state index is 6.07. The number of hydrogen-bond acceptors (Lipinski definition) is 1. The lowest BCUT2D eigenvalue weighted by Crippen LogP contribution is -1.93. The molecule has 110 valence electrons. The van der Waals surface area contributed by atoms with Crippen molar-refractivity contribution in [3.05, 3.63) is 77.6 Å². The van der Waals surface area contributed by atoms with Crippen molar-refractivity contribution in [2.24, 2.45) is 0 Å². The van der Waals surface area contributed by atoms with Gasteiger partial charge in [-0.05, 0) is 42.2 Å². The molecule has 0 spiro atoms. The minimum absolute atomic E-state index is 0.414. The number of pyridine rings is 1. The third-order valence-electron chi connectivity index (χ3n) is 3.91. The molecule has 0 N–H and O–H groups in total. The fraction of sp³-hybridized carbons (Fsp3) is 0.150. The topological polar surface area (TPSA) is 12.9 Å². The summed E-state index contributed by atoms with van der Waals surface area (Å²) in [5.74, 6) is 0.414. The van der Waals surface area contributed by atoms with Crippen LogP contribution < -0.4 is 0 Å². The molecule has 0 aliphatic heterocycles. The van der Waals surface area contributed by atoms with Gasteiger partial charge in [-0.25, -0.2) is 0 Å². The van der Waals surface area contributed by atoms with Crippen LogP contribution in [0.2, 0.25) is 0 Å². The second-order valence-electron chi connectivity index (χ2n) is 5.50. The zero-order chi connectivity index (χ0) is 15.5. The monoisotopic (exact) mass is 307 g/mol. The van der Waals surface area contributed by atoms with Crippen LogP contribution >= 0.6 is 11.6 Å². The first-order valence-corrected chi connectivity index (χ1v) is 7.91. The smallest absolute Gasteiger partial charge is 0.0653 e. The molecule has 1 heterocycles. The molecule has 0 radical (unpaired) electrons. The summed E-state index contributed by atoms with van der Waals surface area (Å²) in [5.41, 5.74) is 8.24. The van der Waals surface area contributed by atoms with Gasteiger partial charge in [-0.3, -0.25) is 4.98 Å². The Morgan fingerprint density at radius 2 is 1.50 bits per heavy atom. The van der Waals surface area contributed by atoms with Crippen molar-refractivity contribution in [1.29, 1.82) is 0 Å². The minimum atomic E-state index is 0.414. The van der Waals surface area contributed by atoms with Crippen molar-refractivity contribution in [1.82, 2.24) is 4.98 Å². The Labute approximate surface area is 136 Å². The molecule has 0 aliphatic carbocycles. The maximum Gasteiger partial charge on any atom is 0.0653 e. The van der Waals surface area contributed by atoms with Crippen molar-refractivity contribution in [3.8, 4) is 22.3 Å². The van der Waals surface area contributed by atoms with Gasteiger partial charge in [0.2, 0.25) is 0 Å². The molecule has 2 aromatic carbocycles. The van der Waals surface area contributed by atoms with Gasteiger partial charge in [0, 0.05) is 11.8 Å². The summed E-state index contributed by atoms with van der Waals surface area (Å²) in [6, 6.07) is 19.1. The largest absolute Gasteiger partial charge is 0.259 e. The van der Waals surface area contributed by atoms with E-state index in [-0.39, 0.29) is 0 Å². The molecule has 0 fully saturated rings. The lowest BCUT2D eigenvalue weighted by atomic mass is 9.91. The van der Waals surface area contributed by atoms with E-state index >= 15 is 0 Å². The van der Waals surface area contributed by atoms with Gasteiger partial charge in [0.1, 0.15) is 0 Å². The number of aryl methyl sites for hydroxylation is 2. The fourth-order valence-electron chi connectivity index (χ4n) is 2.86. The summed E-state index contributed by atoms with van der Waals surface area (Å²) in [5, 5.41) is 0. The van der Waals surface area contributed by atoms with E-state index in [0.29, 0.717) is 5.88 Å². The zero-order valence-electron chi connectivity index (χ0n) is 12.8. The van der Waals surface area contributed by atoms with E-state index in [2.05, 4.69) is 67.4 Å². The van der Waals surface area contributed by atoms with Crippen LogP contribution in [0, 0.1) is 13.8 Å². The van der Waals surface area contributed by atoms with Crippen LogP contribution in [0.25, 0.3) is 22.3 Å². The molecule has 22 heavy (non-hydrogen) atoms. The van der Waals surface area contributed by atoms with E-state index < -0.39 is 0 Å². The number of nitrogens with zero attached hydrogens (tertiary/aromatic N) is 1. The molecular weight excluding hydrogens is 290 g/mol. The highest BCUT2D eigenvalue weighted by atomic mass is 35.5. The van der Waals surface area contributed by atoms with E-state index in [1.54, 1.807) is 6.20 Å². The molecule has 0 atom stereocenters. The molecule has 0 aliphatic rings. The second kappa shape index (κ2) is 6.33. The Kier molecular flexibility index (Phi) is 4.26. The lowest BCUT2D eigenvalue weighted by Gasteiger charge is -2.14. The van der Waals surface area contributed by atoms with Crippen molar-refractivity contribution >= 4 is 11.6 Å². The highest BCUT2D eigenvalue weighted by Gasteiger charge is 2.12. The lowest BCUT2D eigenvalue weighted by molar-refractivity contribution is 1.17. The van der Waals surface area contributed by atoms with Crippen LogP contribution in [0.15, 0.2) is 60.8 Å². The third-order valence-corrected chi connectivity index (χ3v) is 4.16. The average Bonchev–Trinajstić information content (AvgIpc) is 2.55. The van der Waals surface area contributed by atoms with Gasteiger partial charge >= 0.3 is 0 Å². The molecule has 0 unspecified atom stereocenters. The first-order chi connectivity index (χ1) is 10.7. The number of rotatable bonds is 3. The normalized spacial score (nSPS) is 10.7. The Balaban J connectivity index is 2.23. The summed E-state index contributed by atoms with van der Waals surface area (Å²) >= 11 is 6.07. The molecule has 0 saturated carbocycles. The highest BCUT2D eigenvalue weighted by Crippen LogP contribution is 2.35. The number of halogens is 1. The molecule has 0 bridgehead atoms. The Hall–Kier alpha value is -2.12. The van der Waals surface area contributed by atoms with Crippen LogP contribution in [-0.2, 0) is 5.88 Å². The summed E-state index contributed by atoms with van der Waals surface area (Å²) in [6.45, 7) is 4.28. The van der Waals surface area contributed by atoms with Gasteiger partial charge in [0.05, 0.1) is 11.6 Å². The predicted octanol–water partition coefficient (Wildman–Crippen LogP) is 5.77. The highest BCUT2D eigenvalue weighted by molar-refractivity contribution is 6.17. The first-order valence-electron chi connectivity index (χ1n) is 7.37. The van der Waals surface area contributed by atoms with E-state index in [1.165, 1.54) is 27.8 Å². The molecule has 3 rings (SSSR count). The first kappa shape index (κ1) is 14.8. The Morgan fingerprint density at radius 3 is 2.18 bits per heavy atom. The zero-order valence-corrected chi connectivity index (χ0v) is 13.6. The quantitative estimate of drug-likeness (QED) is 0.560. The van der Waals surface area contributed by atoms with Crippen LogP contribution in [0.4, 0.5) is 0 Å². The molecule has 0 amide bonds. The van der Waals surface area contributed by atoms with Crippen LogP contribution in [0.3, 0.4) is 0 Å². The van der Waals surface area contributed by atoms with Crippen LogP contribution in [0.5, 0.6) is 0 Å². The predicted molar refractivity (Wildman–Crippen MR) is 94.1 cm³/mol. The fourth-order valence-corrected chi connectivity index (χ4v) is 3.07. The van der Waals surface area contributed by atoms with Crippen molar-refractivity contribution in [3.63, 3.8) is 0 Å². The summed E-state index contributed by atoms with van der Waals surface area (Å²) in [4.78, 5) is 4.41. The van der Waals surface area contributed by atoms with Crippen molar-refractivity contribution in [2.45, 2.75) is 19.7 Å². The van der Waals surface area contributed by atoms with Gasteiger partial charge in [-0.15, -0.1) is 11.6 Å². The summed E-state index contributed by atoms with van der Waals surface area (Å²) in [6.07, 6.45) is 1.79. The Bertz CT molecular complexity index is 808. The van der Waals surface area contributed by atoms with Gasteiger partial charge in [0.25, 0.3) is 0 Å². The SMILES string of the molecule is Cc1ccc(-c2ccccc2-c2cccnc2CCl)c(C)c1. The van der Waals surface area contributed by atoms with Gasteiger partial charge in [-0.1, -0.05) is 54.1 Å². The van der Waals surface area contributed by atoms with E-state index in [4.69, 9.17) is 11.6 Å². The molecular formula is C20H18ClN.